The van der Waals surface area contributed by atoms with Crippen molar-refractivity contribution in [2.45, 2.75) is 31.8 Å². The van der Waals surface area contributed by atoms with Gasteiger partial charge in [0.1, 0.15) is 17.9 Å². The van der Waals surface area contributed by atoms with Crippen LogP contribution in [0.4, 0.5) is 4.39 Å². The van der Waals surface area contributed by atoms with Gasteiger partial charge >= 0.3 is 5.97 Å². The molecule has 2 N–H and O–H groups in total. The second-order valence-corrected chi connectivity index (χ2v) is 7.75. The lowest BCUT2D eigenvalue weighted by Gasteiger charge is -2.22. The summed E-state index contributed by atoms with van der Waals surface area (Å²) in [5.74, 6) is -1.89. The molecule has 0 unspecified atom stereocenters. The Bertz CT molecular complexity index is 873. The molecule has 0 radical (unpaired) electrons. The molecule has 2 aromatic rings. The molecule has 0 aliphatic rings. The van der Waals surface area contributed by atoms with E-state index in [0.717, 1.165) is 9.13 Å². The van der Waals surface area contributed by atoms with Crippen LogP contribution in [0.1, 0.15) is 18.1 Å². The molecule has 2 amide bonds. The van der Waals surface area contributed by atoms with Gasteiger partial charge in [-0.15, -0.1) is 0 Å². The third-order valence-corrected chi connectivity index (χ3v) is 4.85. The average Bonchev–Trinajstić information content (AvgIpc) is 2.67. The summed E-state index contributed by atoms with van der Waals surface area (Å²) in [6.45, 7) is 1.30. The maximum absolute atomic E-state index is 13.1. The highest BCUT2D eigenvalue weighted by Crippen LogP contribution is 2.11. The van der Waals surface area contributed by atoms with Crippen LogP contribution >= 0.6 is 22.6 Å². The fourth-order valence-electron chi connectivity index (χ4n) is 2.82. The summed E-state index contributed by atoms with van der Waals surface area (Å²) in [7, 11) is 1.25. The van der Waals surface area contributed by atoms with E-state index in [-0.39, 0.29) is 18.7 Å². The van der Waals surface area contributed by atoms with Crippen molar-refractivity contribution >= 4 is 40.4 Å². The zero-order chi connectivity index (χ0) is 21.4. The first-order chi connectivity index (χ1) is 13.8. The molecule has 0 heterocycles. The van der Waals surface area contributed by atoms with Crippen molar-refractivity contribution in [3.8, 4) is 0 Å². The summed E-state index contributed by atoms with van der Waals surface area (Å²) in [6.07, 6.45) is 0.404. The molecular formula is C21H22FIN2O4. The topological polar surface area (TPSA) is 84.5 Å². The second-order valence-electron chi connectivity index (χ2n) is 6.50. The molecule has 0 aliphatic carbocycles. The Balaban J connectivity index is 2.16. The second kappa shape index (κ2) is 10.9. The van der Waals surface area contributed by atoms with E-state index in [2.05, 4.69) is 33.2 Å². The molecule has 0 saturated carbocycles. The molecule has 0 aromatic heterocycles. The molecule has 2 aromatic carbocycles. The molecule has 0 spiro atoms. The van der Waals surface area contributed by atoms with E-state index in [1.165, 1.54) is 26.2 Å². The van der Waals surface area contributed by atoms with Crippen LogP contribution in [0.3, 0.4) is 0 Å². The summed E-state index contributed by atoms with van der Waals surface area (Å²) in [5, 5.41) is 5.25. The molecule has 6 nitrogen and oxygen atoms in total. The van der Waals surface area contributed by atoms with Gasteiger partial charge in [-0.1, -0.05) is 24.3 Å². The monoisotopic (exact) mass is 512 g/mol. The van der Waals surface area contributed by atoms with Crippen molar-refractivity contribution in [2.24, 2.45) is 0 Å². The Morgan fingerprint density at radius 2 is 1.66 bits per heavy atom. The maximum Gasteiger partial charge on any atom is 0.328 e. The van der Waals surface area contributed by atoms with Crippen LogP contribution in [0, 0.1) is 9.39 Å². The van der Waals surface area contributed by atoms with Crippen LogP contribution in [-0.2, 0) is 32.0 Å². The van der Waals surface area contributed by atoms with Gasteiger partial charge in [-0.2, -0.15) is 0 Å². The molecule has 2 atom stereocenters. The zero-order valence-corrected chi connectivity index (χ0v) is 18.2. The Morgan fingerprint density at radius 3 is 2.24 bits per heavy atom. The lowest BCUT2D eigenvalue weighted by molar-refractivity contribution is -0.145. The number of hydrogen-bond acceptors (Lipinski definition) is 4. The van der Waals surface area contributed by atoms with Crippen molar-refractivity contribution in [1.29, 1.82) is 0 Å². The number of nitrogens with one attached hydrogen (secondary N) is 2. The van der Waals surface area contributed by atoms with Crippen LogP contribution in [0.2, 0.25) is 0 Å². The number of carbonyl (C=O) groups is 3. The lowest BCUT2D eigenvalue weighted by atomic mass is 10.0. The highest BCUT2D eigenvalue weighted by Gasteiger charge is 2.27. The van der Waals surface area contributed by atoms with E-state index in [4.69, 9.17) is 4.74 Å². The quantitative estimate of drug-likeness (QED) is 0.421. The fraction of sp³-hybridized carbons (Fsp3) is 0.286. The number of carbonyl (C=O) groups excluding carboxylic acids is 3. The van der Waals surface area contributed by atoms with E-state index in [1.807, 2.05) is 24.3 Å². The molecule has 8 heteroatoms. The summed E-state index contributed by atoms with van der Waals surface area (Å²) in [5.41, 5.74) is 1.54. The Morgan fingerprint density at radius 1 is 1.00 bits per heavy atom. The SMILES string of the molecule is COC(=O)[C@H](Cc1cccc(I)c1)NC(=O)[C@H](Cc1ccc(F)cc1)NC(C)=O. The van der Waals surface area contributed by atoms with Crippen LogP contribution in [0.15, 0.2) is 48.5 Å². The molecule has 2 rings (SSSR count). The minimum atomic E-state index is -0.916. The zero-order valence-electron chi connectivity index (χ0n) is 16.1. The van der Waals surface area contributed by atoms with Gasteiger partial charge in [0.15, 0.2) is 0 Å². The van der Waals surface area contributed by atoms with Gasteiger partial charge in [0.2, 0.25) is 11.8 Å². The van der Waals surface area contributed by atoms with Gasteiger partial charge < -0.3 is 15.4 Å². The highest BCUT2D eigenvalue weighted by atomic mass is 127. The van der Waals surface area contributed by atoms with E-state index in [9.17, 15) is 18.8 Å². The first-order valence-corrected chi connectivity index (χ1v) is 10.0. The number of esters is 1. The predicted octanol–water partition coefficient (Wildman–Crippen LogP) is 2.38. The van der Waals surface area contributed by atoms with Crippen molar-refractivity contribution in [1.82, 2.24) is 10.6 Å². The average molecular weight is 512 g/mol. The first kappa shape index (κ1) is 22.8. The summed E-state index contributed by atoms with van der Waals surface area (Å²) >= 11 is 2.17. The third-order valence-electron chi connectivity index (χ3n) is 4.18. The van der Waals surface area contributed by atoms with Crippen molar-refractivity contribution in [3.63, 3.8) is 0 Å². The summed E-state index contributed by atoms with van der Waals surface area (Å²) in [4.78, 5) is 36.6. The number of rotatable bonds is 8. The molecular weight excluding hydrogens is 490 g/mol. The number of benzene rings is 2. The van der Waals surface area contributed by atoms with Crippen molar-refractivity contribution in [2.75, 3.05) is 7.11 Å². The van der Waals surface area contributed by atoms with Gasteiger partial charge in [-0.25, -0.2) is 9.18 Å². The maximum atomic E-state index is 13.1. The van der Waals surface area contributed by atoms with Crippen LogP contribution in [-0.4, -0.2) is 37.0 Å². The summed E-state index contributed by atoms with van der Waals surface area (Å²) in [6, 6.07) is 11.4. The van der Waals surface area contributed by atoms with Crippen molar-refractivity contribution < 1.29 is 23.5 Å². The van der Waals surface area contributed by atoms with Crippen molar-refractivity contribution in [3.05, 3.63) is 69.0 Å². The molecule has 0 saturated heterocycles. The van der Waals surface area contributed by atoms with Crippen LogP contribution in [0.5, 0.6) is 0 Å². The smallest absolute Gasteiger partial charge is 0.328 e. The largest absolute Gasteiger partial charge is 0.467 e. The van der Waals surface area contributed by atoms with E-state index >= 15 is 0 Å². The van der Waals surface area contributed by atoms with Crippen LogP contribution in [0.25, 0.3) is 0 Å². The van der Waals surface area contributed by atoms with E-state index in [0.29, 0.717) is 5.56 Å². The number of methoxy groups -OCH3 is 1. The van der Waals surface area contributed by atoms with Gasteiger partial charge in [0.05, 0.1) is 7.11 Å². The first-order valence-electron chi connectivity index (χ1n) is 8.92. The fourth-order valence-corrected chi connectivity index (χ4v) is 3.43. The Labute approximate surface area is 182 Å². The van der Waals surface area contributed by atoms with E-state index in [1.54, 1.807) is 12.1 Å². The molecule has 29 heavy (non-hydrogen) atoms. The Kier molecular flexibility index (Phi) is 8.56. The van der Waals surface area contributed by atoms with Crippen LogP contribution < -0.4 is 10.6 Å². The standard InChI is InChI=1S/C21H22FIN2O4/c1-13(26)24-18(11-14-6-8-16(22)9-7-14)20(27)25-19(21(28)29-2)12-15-4-3-5-17(23)10-15/h3-10,18-19H,11-12H2,1-2H3,(H,24,26)(H,25,27)/t18-,19-/m0/s1. The molecule has 0 fully saturated rings. The van der Waals surface area contributed by atoms with Gasteiger partial charge in [-0.05, 0) is 58.0 Å². The minimum Gasteiger partial charge on any atom is -0.467 e. The highest BCUT2D eigenvalue weighted by molar-refractivity contribution is 14.1. The van der Waals surface area contributed by atoms with Gasteiger partial charge in [0.25, 0.3) is 0 Å². The number of hydrogen-bond donors (Lipinski definition) is 2. The number of halogens is 2. The van der Waals surface area contributed by atoms with E-state index < -0.39 is 29.8 Å². The van der Waals surface area contributed by atoms with Gasteiger partial charge in [-0.3, -0.25) is 9.59 Å². The third kappa shape index (κ3) is 7.45. The summed E-state index contributed by atoms with van der Waals surface area (Å²) < 4.78 is 19.0. The lowest BCUT2D eigenvalue weighted by Crippen LogP contribution is -2.53. The normalized spacial score (nSPS) is 12.6. The number of ether oxygens (including phenoxy) is 1. The molecule has 0 bridgehead atoms. The minimum absolute atomic E-state index is 0.156. The number of amides is 2. The van der Waals surface area contributed by atoms with Gasteiger partial charge in [0, 0.05) is 23.3 Å². The molecule has 0 aliphatic heterocycles. The molecule has 154 valence electrons. The predicted molar refractivity (Wildman–Crippen MR) is 115 cm³/mol. The Hall–Kier alpha value is -2.49.